The Balaban J connectivity index is 1.65. The summed E-state index contributed by atoms with van der Waals surface area (Å²) in [5, 5.41) is 5.79. The second-order valence-electron chi connectivity index (χ2n) is 6.20. The van der Waals surface area contributed by atoms with Gasteiger partial charge in [0.1, 0.15) is 10.8 Å². The van der Waals surface area contributed by atoms with E-state index in [0.29, 0.717) is 6.61 Å². The normalized spacial score (nSPS) is 10.6. The number of anilines is 1. The molecule has 0 atom stereocenters. The number of nitrogens with one attached hydrogen (secondary N) is 1. The van der Waals surface area contributed by atoms with Crippen LogP contribution in [0.15, 0.2) is 47.8 Å². The predicted molar refractivity (Wildman–Crippen MR) is 107 cm³/mol. The smallest absolute Gasteiger partial charge is 0.230 e. The Bertz CT molecular complexity index is 880. The average molecular weight is 366 g/mol. The standard InChI is InChI=1S/C21H22N2O2S/c1-4-25-19-7-5-16(6-8-19)21-23-18(13-26-21)12-20(24)22-17-10-14(2)9-15(3)11-17/h5-11,13H,4,12H2,1-3H3,(H,22,24). The predicted octanol–water partition coefficient (Wildman–Crippen LogP) is 5.01. The highest BCUT2D eigenvalue weighted by molar-refractivity contribution is 7.13. The SMILES string of the molecule is CCOc1ccc(-c2nc(CC(=O)Nc3cc(C)cc(C)c3)cs2)cc1. The van der Waals surface area contributed by atoms with E-state index >= 15 is 0 Å². The van der Waals surface area contributed by atoms with Gasteiger partial charge >= 0.3 is 0 Å². The van der Waals surface area contributed by atoms with Gasteiger partial charge in [-0.2, -0.15) is 0 Å². The minimum atomic E-state index is -0.0569. The van der Waals surface area contributed by atoms with Gasteiger partial charge in [-0.05, 0) is 68.3 Å². The van der Waals surface area contributed by atoms with E-state index < -0.39 is 0 Å². The Hall–Kier alpha value is -2.66. The molecule has 0 saturated carbocycles. The molecule has 0 aliphatic carbocycles. The first kappa shape index (κ1) is 18.1. The largest absolute Gasteiger partial charge is 0.494 e. The van der Waals surface area contributed by atoms with Crippen molar-refractivity contribution in [2.45, 2.75) is 27.2 Å². The van der Waals surface area contributed by atoms with E-state index in [1.807, 2.05) is 62.5 Å². The molecule has 0 saturated heterocycles. The van der Waals surface area contributed by atoms with Gasteiger partial charge in [0.2, 0.25) is 5.91 Å². The summed E-state index contributed by atoms with van der Waals surface area (Å²) in [5.74, 6) is 0.791. The Labute approximate surface area is 157 Å². The molecule has 0 aliphatic rings. The lowest BCUT2D eigenvalue weighted by Crippen LogP contribution is -2.14. The van der Waals surface area contributed by atoms with E-state index in [9.17, 15) is 4.79 Å². The molecule has 0 bridgehead atoms. The van der Waals surface area contributed by atoms with Crippen molar-refractivity contribution in [3.05, 3.63) is 64.7 Å². The van der Waals surface area contributed by atoms with Crippen LogP contribution >= 0.6 is 11.3 Å². The van der Waals surface area contributed by atoms with Crippen molar-refractivity contribution in [1.82, 2.24) is 4.98 Å². The summed E-state index contributed by atoms with van der Waals surface area (Å²) in [7, 11) is 0. The van der Waals surface area contributed by atoms with Crippen LogP contribution in [0.4, 0.5) is 5.69 Å². The first-order valence-electron chi connectivity index (χ1n) is 8.59. The second kappa shape index (κ2) is 8.15. The Morgan fingerprint density at radius 1 is 1.12 bits per heavy atom. The zero-order chi connectivity index (χ0) is 18.5. The van der Waals surface area contributed by atoms with E-state index in [4.69, 9.17) is 4.74 Å². The van der Waals surface area contributed by atoms with E-state index in [1.54, 1.807) is 11.3 Å². The molecule has 1 heterocycles. The fourth-order valence-corrected chi connectivity index (χ4v) is 3.62. The van der Waals surface area contributed by atoms with Crippen molar-refractivity contribution in [2.75, 3.05) is 11.9 Å². The molecule has 1 N–H and O–H groups in total. The summed E-state index contributed by atoms with van der Waals surface area (Å²) in [6, 6.07) is 13.9. The van der Waals surface area contributed by atoms with Crippen LogP contribution in [0.1, 0.15) is 23.7 Å². The van der Waals surface area contributed by atoms with Crippen LogP contribution in [0.5, 0.6) is 5.75 Å². The summed E-state index contributed by atoms with van der Waals surface area (Å²) in [6.45, 7) is 6.65. The number of carbonyl (C=O) groups excluding carboxylic acids is 1. The summed E-state index contributed by atoms with van der Waals surface area (Å²) in [6.07, 6.45) is 0.264. The summed E-state index contributed by atoms with van der Waals surface area (Å²) in [4.78, 5) is 16.9. The lowest BCUT2D eigenvalue weighted by Gasteiger charge is -2.06. The van der Waals surface area contributed by atoms with Crippen LogP contribution < -0.4 is 10.1 Å². The molecule has 2 aromatic carbocycles. The molecule has 5 heteroatoms. The van der Waals surface area contributed by atoms with Crippen molar-refractivity contribution in [1.29, 1.82) is 0 Å². The zero-order valence-corrected chi connectivity index (χ0v) is 16.0. The van der Waals surface area contributed by atoms with Gasteiger partial charge in [-0.25, -0.2) is 4.98 Å². The quantitative estimate of drug-likeness (QED) is 0.667. The van der Waals surface area contributed by atoms with E-state index in [1.165, 1.54) is 0 Å². The maximum Gasteiger partial charge on any atom is 0.230 e. The molecule has 1 aromatic heterocycles. The number of ether oxygens (including phenoxy) is 1. The number of rotatable bonds is 6. The number of hydrogen-bond acceptors (Lipinski definition) is 4. The van der Waals surface area contributed by atoms with Crippen LogP contribution in [0.2, 0.25) is 0 Å². The molecule has 4 nitrogen and oxygen atoms in total. The van der Waals surface area contributed by atoms with E-state index in [0.717, 1.165) is 38.8 Å². The van der Waals surface area contributed by atoms with Gasteiger partial charge in [0.05, 0.1) is 18.7 Å². The number of aryl methyl sites for hydroxylation is 2. The summed E-state index contributed by atoms with van der Waals surface area (Å²) in [5.41, 5.74) is 4.90. The number of benzene rings is 2. The lowest BCUT2D eigenvalue weighted by atomic mass is 10.1. The van der Waals surface area contributed by atoms with E-state index in [2.05, 4.69) is 16.4 Å². The van der Waals surface area contributed by atoms with Crippen molar-refractivity contribution in [3.8, 4) is 16.3 Å². The number of amides is 1. The zero-order valence-electron chi connectivity index (χ0n) is 15.2. The van der Waals surface area contributed by atoms with Crippen LogP contribution in [0.3, 0.4) is 0 Å². The average Bonchev–Trinajstić information content (AvgIpc) is 3.03. The number of thiazole rings is 1. The fraction of sp³-hybridized carbons (Fsp3) is 0.238. The molecule has 0 aliphatic heterocycles. The number of hydrogen-bond donors (Lipinski definition) is 1. The molecule has 0 fully saturated rings. The minimum absolute atomic E-state index is 0.0569. The third kappa shape index (κ3) is 4.70. The monoisotopic (exact) mass is 366 g/mol. The van der Waals surface area contributed by atoms with Crippen LogP contribution in [0.25, 0.3) is 10.6 Å². The highest BCUT2D eigenvalue weighted by Crippen LogP contribution is 2.26. The van der Waals surface area contributed by atoms with Crippen molar-refractivity contribution < 1.29 is 9.53 Å². The van der Waals surface area contributed by atoms with Gasteiger partial charge in [-0.3, -0.25) is 4.79 Å². The maximum absolute atomic E-state index is 12.3. The Morgan fingerprint density at radius 3 is 2.46 bits per heavy atom. The van der Waals surface area contributed by atoms with Crippen molar-refractivity contribution in [3.63, 3.8) is 0 Å². The van der Waals surface area contributed by atoms with Crippen molar-refractivity contribution in [2.24, 2.45) is 0 Å². The molecular formula is C21H22N2O2S. The third-order valence-electron chi connectivity index (χ3n) is 3.81. The molecule has 3 aromatic rings. The molecule has 0 radical (unpaired) electrons. The molecule has 1 amide bonds. The van der Waals surface area contributed by atoms with E-state index in [-0.39, 0.29) is 12.3 Å². The van der Waals surface area contributed by atoms with Crippen molar-refractivity contribution >= 4 is 22.9 Å². The molecular weight excluding hydrogens is 344 g/mol. The Morgan fingerprint density at radius 2 is 1.81 bits per heavy atom. The molecule has 134 valence electrons. The van der Waals surface area contributed by atoms with Gasteiger partial charge in [0.25, 0.3) is 0 Å². The third-order valence-corrected chi connectivity index (χ3v) is 4.75. The first-order chi connectivity index (χ1) is 12.5. The summed E-state index contributed by atoms with van der Waals surface area (Å²) >= 11 is 1.54. The molecule has 0 spiro atoms. The van der Waals surface area contributed by atoms with Gasteiger partial charge in [0, 0.05) is 16.6 Å². The summed E-state index contributed by atoms with van der Waals surface area (Å²) < 4.78 is 5.46. The fourth-order valence-electron chi connectivity index (χ4n) is 2.80. The number of aromatic nitrogens is 1. The van der Waals surface area contributed by atoms with Gasteiger partial charge in [-0.15, -0.1) is 11.3 Å². The Kier molecular flexibility index (Phi) is 5.68. The van der Waals surface area contributed by atoms with Gasteiger partial charge in [-0.1, -0.05) is 6.07 Å². The maximum atomic E-state index is 12.3. The lowest BCUT2D eigenvalue weighted by molar-refractivity contribution is -0.115. The molecule has 26 heavy (non-hydrogen) atoms. The minimum Gasteiger partial charge on any atom is -0.494 e. The number of carbonyl (C=O) groups is 1. The number of nitrogens with zero attached hydrogens (tertiary/aromatic N) is 1. The topological polar surface area (TPSA) is 51.2 Å². The first-order valence-corrected chi connectivity index (χ1v) is 9.47. The van der Waals surface area contributed by atoms with Gasteiger partial charge in [0.15, 0.2) is 0 Å². The van der Waals surface area contributed by atoms with Crippen LogP contribution in [0, 0.1) is 13.8 Å². The highest BCUT2D eigenvalue weighted by Gasteiger charge is 2.10. The van der Waals surface area contributed by atoms with Gasteiger partial charge < -0.3 is 10.1 Å². The van der Waals surface area contributed by atoms with Crippen LogP contribution in [-0.4, -0.2) is 17.5 Å². The molecule has 0 unspecified atom stereocenters. The molecule has 3 rings (SSSR count). The highest BCUT2D eigenvalue weighted by atomic mass is 32.1. The second-order valence-corrected chi connectivity index (χ2v) is 7.06. The van der Waals surface area contributed by atoms with Crippen LogP contribution in [-0.2, 0) is 11.2 Å².